The molecule has 2 aliphatic heterocycles. The average Bonchev–Trinajstić information content (AvgIpc) is 2.83. The van der Waals surface area contributed by atoms with E-state index in [1.807, 2.05) is 4.90 Å². The van der Waals surface area contributed by atoms with Gasteiger partial charge in [0, 0.05) is 31.4 Å². The van der Waals surface area contributed by atoms with E-state index in [-0.39, 0.29) is 22.8 Å². The molecule has 7 heteroatoms. The normalized spacial score (nSPS) is 26.6. The molecule has 2 saturated heterocycles. The lowest BCUT2D eigenvalue weighted by molar-refractivity contribution is -0.384. The number of pyridine rings is 1. The van der Waals surface area contributed by atoms with E-state index < -0.39 is 0 Å². The number of aromatic nitrogens is 1. The number of nitro groups is 1. The SMILES string of the molecule is Cc1ccnc(N2CC3OCCN(C)C3C2)c1[N+](=O)[O-]. The van der Waals surface area contributed by atoms with Crippen molar-refractivity contribution >= 4 is 11.5 Å². The van der Waals surface area contributed by atoms with Gasteiger partial charge in [-0.2, -0.15) is 0 Å². The van der Waals surface area contributed by atoms with Gasteiger partial charge in [-0.15, -0.1) is 0 Å². The van der Waals surface area contributed by atoms with Crippen LogP contribution in [0.1, 0.15) is 5.56 Å². The Morgan fingerprint density at radius 1 is 1.50 bits per heavy atom. The number of hydrogen-bond acceptors (Lipinski definition) is 6. The number of ether oxygens (including phenoxy) is 1. The third-order valence-electron chi connectivity index (χ3n) is 4.17. The Morgan fingerprint density at radius 3 is 3.00 bits per heavy atom. The molecule has 2 fully saturated rings. The van der Waals surface area contributed by atoms with Crippen LogP contribution >= 0.6 is 0 Å². The van der Waals surface area contributed by atoms with Gasteiger partial charge in [0.15, 0.2) is 0 Å². The molecule has 1 aromatic heterocycles. The van der Waals surface area contributed by atoms with Crippen molar-refractivity contribution in [1.29, 1.82) is 0 Å². The molecular weight excluding hydrogens is 260 g/mol. The van der Waals surface area contributed by atoms with E-state index in [4.69, 9.17) is 4.74 Å². The quantitative estimate of drug-likeness (QED) is 0.589. The van der Waals surface area contributed by atoms with Gasteiger partial charge in [0.05, 0.1) is 23.7 Å². The van der Waals surface area contributed by atoms with E-state index in [1.54, 1.807) is 19.2 Å². The summed E-state index contributed by atoms with van der Waals surface area (Å²) in [6.07, 6.45) is 1.74. The lowest BCUT2D eigenvalue weighted by atomic mass is 10.1. The van der Waals surface area contributed by atoms with Gasteiger partial charge in [-0.25, -0.2) is 4.98 Å². The number of rotatable bonds is 2. The molecule has 0 radical (unpaired) electrons. The van der Waals surface area contributed by atoms with Crippen molar-refractivity contribution in [2.75, 3.05) is 38.2 Å². The predicted octanol–water partition coefficient (Wildman–Crippen LogP) is 0.817. The largest absolute Gasteiger partial charge is 0.373 e. The molecule has 0 aromatic carbocycles. The highest BCUT2D eigenvalue weighted by Gasteiger charge is 2.41. The molecule has 0 spiro atoms. The van der Waals surface area contributed by atoms with Crippen LogP contribution in [0.3, 0.4) is 0 Å². The van der Waals surface area contributed by atoms with Crippen LogP contribution in [0.5, 0.6) is 0 Å². The molecule has 3 rings (SSSR count). The van der Waals surface area contributed by atoms with Gasteiger partial charge in [0.1, 0.15) is 0 Å². The predicted molar refractivity (Wildman–Crippen MR) is 74.0 cm³/mol. The summed E-state index contributed by atoms with van der Waals surface area (Å²) < 4.78 is 5.77. The molecule has 0 saturated carbocycles. The summed E-state index contributed by atoms with van der Waals surface area (Å²) in [5.41, 5.74) is 0.748. The molecule has 0 N–H and O–H groups in total. The monoisotopic (exact) mass is 278 g/mol. The molecule has 2 unspecified atom stereocenters. The van der Waals surface area contributed by atoms with Crippen LogP contribution in [0, 0.1) is 17.0 Å². The number of nitrogens with zero attached hydrogens (tertiary/aromatic N) is 4. The summed E-state index contributed by atoms with van der Waals surface area (Å²) in [5, 5.41) is 11.3. The van der Waals surface area contributed by atoms with Crippen LogP contribution in [-0.2, 0) is 4.74 Å². The van der Waals surface area contributed by atoms with Crippen molar-refractivity contribution in [2.24, 2.45) is 0 Å². The minimum atomic E-state index is -0.343. The second-order valence-electron chi connectivity index (χ2n) is 5.42. The van der Waals surface area contributed by atoms with Gasteiger partial charge >= 0.3 is 5.69 Å². The van der Waals surface area contributed by atoms with Crippen molar-refractivity contribution in [2.45, 2.75) is 19.1 Å². The van der Waals surface area contributed by atoms with Gasteiger partial charge in [-0.3, -0.25) is 15.0 Å². The molecule has 2 atom stereocenters. The van der Waals surface area contributed by atoms with E-state index in [9.17, 15) is 10.1 Å². The van der Waals surface area contributed by atoms with Crippen LogP contribution in [-0.4, -0.2) is 60.2 Å². The van der Waals surface area contributed by atoms with Crippen molar-refractivity contribution < 1.29 is 9.66 Å². The first kappa shape index (κ1) is 13.3. The van der Waals surface area contributed by atoms with Crippen LogP contribution in [0.25, 0.3) is 0 Å². The lowest BCUT2D eigenvalue weighted by Crippen LogP contribution is -2.48. The highest BCUT2D eigenvalue weighted by Crippen LogP contribution is 2.33. The van der Waals surface area contributed by atoms with Crippen molar-refractivity contribution in [3.8, 4) is 0 Å². The molecule has 0 amide bonds. The minimum absolute atomic E-state index is 0.105. The fraction of sp³-hybridized carbons (Fsp3) is 0.615. The fourth-order valence-electron chi connectivity index (χ4n) is 3.02. The highest BCUT2D eigenvalue weighted by molar-refractivity contribution is 5.62. The fourth-order valence-corrected chi connectivity index (χ4v) is 3.02. The molecule has 0 aliphatic carbocycles. The summed E-state index contributed by atoms with van der Waals surface area (Å²) in [4.78, 5) is 19.4. The van der Waals surface area contributed by atoms with Gasteiger partial charge in [-0.05, 0) is 20.0 Å². The maximum Gasteiger partial charge on any atom is 0.314 e. The zero-order valence-corrected chi connectivity index (χ0v) is 11.7. The van der Waals surface area contributed by atoms with Crippen LogP contribution in [0.15, 0.2) is 12.3 Å². The molecule has 2 aliphatic rings. The maximum atomic E-state index is 11.3. The molecule has 20 heavy (non-hydrogen) atoms. The summed E-state index contributed by atoms with van der Waals surface area (Å²) in [5.74, 6) is 0.460. The molecule has 1 aromatic rings. The number of hydrogen-bond donors (Lipinski definition) is 0. The molecule has 0 bridgehead atoms. The summed E-state index contributed by atoms with van der Waals surface area (Å²) in [6.45, 7) is 4.74. The first-order valence-corrected chi connectivity index (χ1v) is 6.74. The third-order valence-corrected chi connectivity index (χ3v) is 4.17. The molecule has 108 valence electrons. The van der Waals surface area contributed by atoms with Crippen molar-refractivity contribution in [3.63, 3.8) is 0 Å². The Morgan fingerprint density at radius 2 is 2.30 bits per heavy atom. The third kappa shape index (κ3) is 2.12. The van der Waals surface area contributed by atoms with Crippen molar-refractivity contribution in [1.82, 2.24) is 9.88 Å². The van der Waals surface area contributed by atoms with Crippen molar-refractivity contribution in [3.05, 3.63) is 27.9 Å². The summed E-state index contributed by atoms with van der Waals surface area (Å²) in [6, 6.07) is 1.96. The second kappa shape index (κ2) is 4.99. The van der Waals surface area contributed by atoms with E-state index in [0.29, 0.717) is 17.9 Å². The molecular formula is C13H18N4O3. The number of likely N-dealkylation sites (N-methyl/N-ethyl adjacent to an activating group) is 1. The van der Waals surface area contributed by atoms with Gasteiger partial charge in [0.2, 0.25) is 5.82 Å². The van der Waals surface area contributed by atoms with Crippen LogP contribution in [0.4, 0.5) is 11.5 Å². The zero-order valence-electron chi connectivity index (χ0n) is 11.7. The topological polar surface area (TPSA) is 71.7 Å². The van der Waals surface area contributed by atoms with Crippen LogP contribution < -0.4 is 4.90 Å². The van der Waals surface area contributed by atoms with E-state index in [1.165, 1.54) is 0 Å². The van der Waals surface area contributed by atoms with E-state index >= 15 is 0 Å². The first-order valence-electron chi connectivity index (χ1n) is 6.74. The minimum Gasteiger partial charge on any atom is -0.373 e. The van der Waals surface area contributed by atoms with Gasteiger partial charge in [-0.1, -0.05) is 0 Å². The summed E-state index contributed by atoms with van der Waals surface area (Å²) >= 11 is 0. The highest BCUT2D eigenvalue weighted by atomic mass is 16.6. The van der Waals surface area contributed by atoms with Gasteiger partial charge in [0.25, 0.3) is 0 Å². The van der Waals surface area contributed by atoms with Crippen LogP contribution in [0.2, 0.25) is 0 Å². The summed E-state index contributed by atoms with van der Waals surface area (Å²) in [7, 11) is 2.07. The number of morpholine rings is 1. The first-order chi connectivity index (χ1) is 9.58. The Labute approximate surface area is 117 Å². The van der Waals surface area contributed by atoms with Gasteiger partial charge < -0.3 is 9.64 Å². The Hall–Kier alpha value is -1.73. The Balaban J connectivity index is 1.91. The van der Waals surface area contributed by atoms with E-state index in [2.05, 4.69) is 16.9 Å². The lowest BCUT2D eigenvalue weighted by Gasteiger charge is -2.33. The molecule has 3 heterocycles. The van der Waals surface area contributed by atoms with E-state index in [0.717, 1.165) is 19.7 Å². The molecule has 7 nitrogen and oxygen atoms in total. The Bertz CT molecular complexity index is 536. The number of anilines is 1. The smallest absolute Gasteiger partial charge is 0.314 e. The Kier molecular flexibility index (Phi) is 3.31. The number of fused-ring (bicyclic) bond motifs is 1. The standard InChI is InChI=1S/C13H18N4O3/c1-9-3-4-14-13(12(9)17(18)19)16-7-10-11(8-16)20-6-5-15(10)2/h3-4,10-11H,5-8H2,1-2H3. The second-order valence-corrected chi connectivity index (χ2v) is 5.42. The average molecular weight is 278 g/mol. The maximum absolute atomic E-state index is 11.3. The zero-order chi connectivity index (χ0) is 14.3. The number of aryl methyl sites for hydroxylation is 1.